The van der Waals surface area contributed by atoms with Gasteiger partial charge in [-0.1, -0.05) is 0 Å². The number of hydrogen-bond acceptors (Lipinski definition) is 3. The Labute approximate surface area is 71.2 Å². The molecule has 3 nitrogen and oxygen atoms in total. The number of rotatable bonds is 2. The molecule has 1 aromatic rings. The molecule has 0 heterocycles. The van der Waals surface area contributed by atoms with Crippen LogP contribution in [-0.4, -0.2) is 17.3 Å². The molecular weight excluding hydrogens is 156 g/mol. The highest BCUT2D eigenvalue weighted by molar-refractivity contribution is 5.46. The average Bonchev–Trinajstić information content (AvgIpc) is 2.09. The van der Waals surface area contributed by atoms with Gasteiger partial charge in [-0.2, -0.15) is 0 Å². The molecule has 0 fully saturated rings. The number of aromatic hydroxyl groups is 1. The molecule has 0 saturated carbocycles. The first-order valence-corrected chi connectivity index (χ1v) is 3.66. The van der Waals surface area contributed by atoms with Crippen LogP contribution in [0.1, 0.15) is 11.1 Å². The molecule has 0 aliphatic rings. The Morgan fingerprint density at radius 2 is 2.08 bits per heavy atom. The maximum atomic E-state index is 9.35. The molecule has 3 heteroatoms. The predicted octanol–water partition coefficient (Wildman–Crippen LogP) is 1.20. The van der Waals surface area contributed by atoms with Gasteiger partial charge in [0.2, 0.25) is 0 Å². The van der Waals surface area contributed by atoms with Crippen LogP contribution >= 0.6 is 0 Å². The van der Waals surface area contributed by atoms with Crippen molar-refractivity contribution in [3.05, 3.63) is 23.3 Å². The molecule has 0 aromatic heterocycles. The monoisotopic (exact) mass is 168 g/mol. The topological polar surface area (TPSA) is 49.7 Å². The first-order valence-electron chi connectivity index (χ1n) is 3.66. The fraction of sp³-hybridized carbons (Fsp3) is 0.333. The van der Waals surface area contributed by atoms with Crippen LogP contribution in [-0.2, 0) is 6.61 Å². The van der Waals surface area contributed by atoms with E-state index < -0.39 is 0 Å². The largest absolute Gasteiger partial charge is 0.508 e. The van der Waals surface area contributed by atoms with Gasteiger partial charge < -0.3 is 14.9 Å². The second-order valence-electron chi connectivity index (χ2n) is 2.60. The summed E-state index contributed by atoms with van der Waals surface area (Å²) in [7, 11) is 1.53. The summed E-state index contributed by atoms with van der Waals surface area (Å²) >= 11 is 0. The molecule has 0 spiro atoms. The maximum Gasteiger partial charge on any atom is 0.125 e. The van der Waals surface area contributed by atoms with Crippen molar-refractivity contribution in [3.63, 3.8) is 0 Å². The van der Waals surface area contributed by atoms with Gasteiger partial charge in [0.1, 0.15) is 11.5 Å². The quantitative estimate of drug-likeness (QED) is 0.697. The molecule has 1 aromatic carbocycles. The number of hydrogen-bond donors (Lipinski definition) is 2. The van der Waals surface area contributed by atoms with Crippen molar-refractivity contribution >= 4 is 0 Å². The van der Waals surface area contributed by atoms with Gasteiger partial charge in [0.25, 0.3) is 0 Å². The Hall–Kier alpha value is -1.22. The first-order chi connectivity index (χ1) is 5.69. The number of phenolic OH excluding ortho intramolecular Hbond substituents is 1. The van der Waals surface area contributed by atoms with E-state index in [9.17, 15) is 5.11 Å². The summed E-state index contributed by atoms with van der Waals surface area (Å²) in [6.07, 6.45) is 0. The SMILES string of the molecule is COc1cc(CO)cc(O)c1C. The normalized spacial score (nSPS) is 9.92. The van der Waals surface area contributed by atoms with Crippen LogP contribution in [0, 0.1) is 6.92 Å². The first kappa shape index (κ1) is 8.87. The van der Waals surface area contributed by atoms with Crippen molar-refractivity contribution in [2.24, 2.45) is 0 Å². The van der Waals surface area contributed by atoms with Gasteiger partial charge in [-0.3, -0.25) is 0 Å². The van der Waals surface area contributed by atoms with E-state index >= 15 is 0 Å². The molecule has 0 atom stereocenters. The van der Waals surface area contributed by atoms with Crippen LogP contribution in [0.2, 0.25) is 0 Å². The fourth-order valence-electron chi connectivity index (χ4n) is 1.03. The lowest BCUT2D eigenvalue weighted by Gasteiger charge is -2.07. The number of aliphatic hydroxyl groups is 1. The van der Waals surface area contributed by atoms with Crippen LogP contribution in [0.3, 0.4) is 0 Å². The Morgan fingerprint density at radius 1 is 1.42 bits per heavy atom. The van der Waals surface area contributed by atoms with E-state index in [0.717, 1.165) is 0 Å². The Bertz CT molecular complexity index is 281. The van der Waals surface area contributed by atoms with Gasteiger partial charge in [0, 0.05) is 5.56 Å². The number of phenols is 1. The predicted molar refractivity (Wildman–Crippen MR) is 45.3 cm³/mol. The minimum atomic E-state index is -0.0931. The zero-order valence-corrected chi connectivity index (χ0v) is 7.16. The zero-order chi connectivity index (χ0) is 9.14. The lowest BCUT2D eigenvalue weighted by Crippen LogP contribution is -1.91. The zero-order valence-electron chi connectivity index (χ0n) is 7.16. The minimum absolute atomic E-state index is 0.0931. The van der Waals surface area contributed by atoms with Crippen molar-refractivity contribution in [3.8, 4) is 11.5 Å². The van der Waals surface area contributed by atoms with E-state index in [1.54, 1.807) is 13.0 Å². The molecule has 12 heavy (non-hydrogen) atoms. The van der Waals surface area contributed by atoms with E-state index in [1.807, 2.05) is 0 Å². The number of benzene rings is 1. The van der Waals surface area contributed by atoms with E-state index in [4.69, 9.17) is 9.84 Å². The van der Waals surface area contributed by atoms with E-state index in [0.29, 0.717) is 16.9 Å². The second kappa shape index (κ2) is 3.45. The van der Waals surface area contributed by atoms with Crippen molar-refractivity contribution in [1.29, 1.82) is 0 Å². The molecule has 1 rings (SSSR count). The highest BCUT2D eigenvalue weighted by Gasteiger charge is 2.05. The van der Waals surface area contributed by atoms with Crippen LogP contribution < -0.4 is 4.74 Å². The van der Waals surface area contributed by atoms with Crippen molar-refractivity contribution in [2.75, 3.05) is 7.11 Å². The highest BCUT2D eigenvalue weighted by atomic mass is 16.5. The lowest BCUT2D eigenvalue weighted by atomic mass is 10.1. The standard InChI is InChI=1S/C9H12O3/c1-6-8(11)3-7(5-10)4-9(6)12-2/h3-4,10-11H,5H2,1-2H3. The highest BCUT2D eigenvalue weighted by Crippen LogP contribution is 2.28. The molecular formula is C9H12O3. The van der Waals surface area contributed by atoms with Crippen LogP contribution in [0.15, 0.2) is 12.1 Å². The van der Waals surface area contributed by atoms with Crippen LogP contribution in [0.25, 0.3) is 0 Å². The smallest absolute Gasteiger partial charge is 0.125 e. The summed E-state index contributed by atoms with van der Waals surface area (Å²) in [6, 6.07) is 3.23. The summed E-state index contributed by atoms with van der Waals surface area (Å²) in [4.78, 5) is 0. The number of aliphatic hydroxyl groups excluding tert-OH is 1. The summed E-state index contributed by atoms with van der Waals surface area (Å²) in [6.45, 7) is 1.67. The minimum Gasteiger partial charge on any atom is -0.508 e. The maximum absolute atomic E-state index is 9.35. The molecule has 0 aliphatic heterocycles. The van der Waals surface area contributed by atoms with Crippen molar-refractivity contribution in [2.45, 2.75) is 13.5 Å². The Morgan fingerprint density at radius 3 is 2.58 bits per heavy atom. The van der Waals surface area contributed by atoms with Crippen LogP contribution in [0.5, 0.6) is 11.5 Å². The molecule has 0 amide bonds. The summed E-state index contributed by atoms with van der Waals surface area (Å²) in [5.41, 5.74) is 1.34. The molecule has 0 aliphatic carbocycles. The third-order valence-electron chi connectivity index (χ3n) is 1.79. The van der Waals surface area contributed by atoms with Gasteiger partial charge in [-0.05, 0) is 24.6 Å². The Balaban J connectivity index is 3.19. The van der Waals surface area contributed by atoms with Gasteiger partial charge in [0.05, 0.1) is 13.7 Å². The number of ether oxygens (including phenoxy) is 1. The molecule has 0 saturated heterocycles. The average molecular weight is 168 g/mol. The van der Waals surface area contributed by atoms with Crippen molar-refractivity contribution in [1.82, 2.24) is 0 Å². The number of methoxy groups -OCH3 is 1. The van der Waals surface area contributed by atoms with Gasteiger partial charge in [-0.25, -0.2) is 0 Å². The molecule has 66 valence electrons. The van der Waals surface area contributed by atoms with Gasteiger partial charge in [0.15, 0.2) is 0 Å². The molecule has 2 N–H and O–H groups in total. The summed E-state index contributed by atoms with van der Waals surface area (Å²) in [5.74, 6) is 0.748. The molecule has 0 unspecified atom stereocenters. The van der Waals surface area contributed by atoms with Gasteiger partial charge in [-0.15, -0.1) is 0 Å². The van der Waals surface area contributed by atoms with E-state index in [2.05, 4.69) is 0 Å². The van der Waals surface area contributed by atoms with E-state index in [-0.39, 0.29) is 12.4 Å². The van der Waals surface area contributed by atoms with Gasteiger partial charge >= 0.3 is 0 Å². The lowest BCUT2D eigenvalue weighted by molar-refractivity contribution is 0.280. The Kier molecular flexibility index (Phi) is 2.55. The summed E-state index contributed by atoms with van der Waals surface area (Å²) in [5, 5.41) is 18.2. The third kappa shape index (κ3) is 1.51. The van der Waals surface area contributed by atoms with Crippen LogP contribution in [0.4, 0.5) is 0 Å². The van der Waals surface area contributed by atoms with Crippen molar-refractivity contribution < 1.29 is 14.9 Å². The summed E-state index contributed by atoms with van der Waals surface area (Å²) < 4.78 is 5.00. The molecule has 0 bridgehead atoms. The van der Waals surface area contributed by atoms with E-state index in [1.165, 1.54) is 13.2 Å². The molecule has 0 radical (unpaired) electrons. The third-order valence-corrected chi connectivity index (χ3v) is 1.79. The second-order valence-corrected chi connectivity index (χ2v) is 2.60. The fourth-order valence-corrected chi connectivity index (χ4v) is 1.03.